The lowest BCUT2D eigenvalue weighted by molar-refractivity contribution is -0.155. The highest BCUT2D eigenvalue weighted by molar-refractivity contribution is 5.80. The fourth-order valence-corrected chi connectivity index (χ4v) is 5.56. The second-order valence-corrected chi connectivity index (χ2v) is 10.8. The molecule has 0 bridgehead atoms. The van der Waals surface area contributed by atoms with Crippen molar-refractivity contribution in [2.45, 2.75) is 57.5 Å². The molecule has 44 heavy (non-hydrogen) atoms. The smallest absolute Gasteiger partial charge is 0.416 e. The molecule has 2 amide bonds. The molecule has 1 aliphatic rings. The van der Waals surface area contributed by atoms with Crippen LogP contribution >= 0.6 is 0 Å². The minimum absolute atomic E-state index is 0.00705. The molecule has 7 nitrogen and oxygen atoms in total. The summed E-state index contributed by atoms with van der Waals surface area (Å²) in [5, 5.41) is 0. The summed E-state index contributed by atoms with van der Waals surface area (Å²) < 4.78 is 105. The first kappa shape index (κ1) is 34.6. The molecule has 0 N–H and O–H groups in total. The third-order valence-corrected chi connectivity index (χ3v) is 8.14. The van der Waals surface area contributed by atoms with Crippen molar-refractivity contribution < 1.29 is 54.6 Å². The van der Waals surface area contributed by atoms with Gasteiger partial charge in [0.25, 0.3) is 0 Å². The Labute approximate surface area is 249 Å². The predicted molar refractivity (Wildman–Crippen MR) is 143 cm³/mol. The van der Waals surface area contributed by atoms with Gasteiger partial charge in [-0.1, -0.05) is 6.07 Å². The molecule has 0 aliphatic carbocycles. The van der Waals surface area contributed by atoms with E-state index in [1.165, 1.54) is 51.3 Å². The number of methoxy groups -OCH3 is 2. The lowest BCUT2D eigenvalue weighted by Crippen LogP contribution is -2.49. The average molecular weight is 635 g/mol. The van der Waals surface area contributed by atoms with Crippen molar-refractivity contribution in [2.75, 3.05) is 27.8 Å². The fraction of sp³-hybridized carbons (Fsp3) is 0.500. The first-order valence-corrected chi connectivity index (χ1v) is 13.6. The number of halogens is 7. The number of ether oxygens (including phenoxy) is 2. The van der Waals surface area contributed by atoms with Gasteiger partial charge in [-0.25, -0.2) is 9.18 Å². The van der Waals surface area contributed by atoms with Crippen LogP contribution in [0.3, 0.4) is 0 Å². The number of esters is 2. The summed E-state index contributed by atoms with van der Waals surface area (Å²) in [5.74, 6) is -3.26. The SMILES string of the molecule is COC(=O)CC(C(=O)OC)C1CCN(C(=O)N(C)[C@H](C)c2cc(C(F)(F)F)cc(C(F)(F)F)c2)[C@@H](c2ccc(F)cc2C)C1. The van der Waals surface area contributed by atoms with E-state index >= 15 is 0 Å². The Hall–Kier alpha value is -3.84. The highest BCUT2D eigenvalue weighted by atomic mass is 19.4. The number of urea groups is 1. The van der Waals surface area contributed by atoms with Gasteiger partial charge in [0.1, 0.15) is 5.82 Å². The van der Waals surface area contributed by atoms with E-state index in [9.17, 15) is 45.1 Å². The topological polar surface area (TPSA) is 76.2 Å². The van der Waals surface area contributed by atoms with Crippen LogP contribution < -0.4 is 0 Å². The van der Waals surface area contributed by atoms with E-state index in [0.29, 0.717) is 23.3 Å². The van der Waals surface area contributed by atoms with Crippen LogP contribution in [0.15, 0.2) is 36.4 Å². The van der Waals surface area contributed by atoms with Crippen LogP contribution in [0.4, 0.5) is 35.5 Å². The van der Waals surface area contributed by atoms with E-state index in [4.69, 9.17) is 9.47 Å². The van der Waals surface area contributed by atoms with E-state index < -0.39 is 71.2 Å². The van der Waals surface area contributed by atoms with Gasteiger partial charge in [0.15, 0.2) is 0 Å². The maximum atomic E-state index is 14.0. The van der Waals surface area contributed by atoms with E-state index in [2.05, 4.69) is 0 Å². The minimum atomic E-state index is -5.06. The van der Waals surface area contributed by atoms with Crippen LogP contribution in [0.5, 0.6) is 0 Å². The van der Waals surface area contributed by atoms with E-state index in [1.807, 2.05) is 0 Å². The highest BCUT2D eigenvalue weighted by Crippen LogP contribution is 2.42. The van der Waals surface area contributed by atoms with E-state index in [1.54, 1.807) is 6.92 Å². The Kier molecular flexibility index (Phi) is 10.6. The molecule has 1 heterocycles. The Morgan fingerprint density at radius 3 is 2.07 bits per heavy atom. The molecule has 242 valence electrons. The second-order valence-electron chi connectivity index (χ2n) is 10.8. The number of amides is 2. The first-order chi connectivity index (χ1) is 20.4. The average Bonchev–Trinajstić information content (AvgIpc) is 2.96. The summed E-state index contributed by atoms with van der Waals surface area (Å²) in [5.41, 5.74) is -2.40. The third kappa shape index (κ3) is 7.81. The fourth-order valence-electron chi connectivity index (χ4n) is 5.56. The number of benzene rings is 2. The molecule has 0 radical (unpaired) electrons. The van der Waals surface area contributed by atoms with Gasteiger partial charge >= 0.3 is 30.3 Å². The third-order valence-electron chi connectivity index (χ3n) is 8.14. The zero-order valence-corrected chi connectivity index (χ0v) is 24.7. The van der Waals surface area contributed by atoms with Crippen molar-refractivity contribution in [1.29, 1.82) is 0 Å². The number of likely N-dealkylation sites (tertiary alicyclic amines) is 1. The van der Waals surface area contributed by atoms with E-state index in [0.717, 1.165) is 4.90 Å². The number of nitrogens with zero attached hydrogens (tertiary/aromatic N) is 2. The zero-order valence-electron chi connectivity index (χ0n) is 24.7. The van der Waals surface area contributed by atoms with Gasteiger partial charge in [-0.15, -0.1) is 0 Å². The van der Waals surface area contributed by atoms with Crippen molar-refractivity contribution in [1.82, 2.24) is 9.80 Å². The molecule has 4 atom stereocenters. The standard InChI is InChI=1S/C30H33F7N2O5/c1-16-10-22(31)6-7-23(16)25-13-18(24(27(41)44-5)15-26(40)43-4)8-9-39(25)28(42)38(3)17(2)19-11-20(29(32,33)34)14-21(12-19)30(35,36)37/h6-7,10-12,14,17-18,24-25H,8-9,13,15H2,1-5H3/t17-,18?,24?,25-/m1/s1. The number of carbonyl (C=O) groups is 3. The van der Waals surface area contributed by atoms with Crippen molar-refractivity contribution in [3.63, 3.8) is 0 Å². The number of rotatable bonds is 7. The van der Waals surface area contributed by atoms with Crippen LogP contribution in [-0.4, -0.2) is 55.6 Å². The maximum Gasteiger partial charge on any atom is 0.416 e. The predicted octanol–water partition coefficient (Wildman–Crippen LogP) is 7.09. The molecule has 1 fully saturated rings. The molecule has 3 rings (SSSR count). The second kappa shape index (κ2) is 13.4. The lowest BCUT2D eigenvalue weighted by atomic mass is 9.77. The molecule has 0 saturated carbocycles. The summed E-state index contributed by atoms with van der Waals surface area (Å²) in [7, 11) is 3.60. The van der Waals surface area contributed by atoms with Gasteiger partial charge in [0.2, 0.25) is 0 Å². The molecule has 2 aromatic carbocycles. The van der Waals surface area contributed by atoms with Gasteiger partial charge in [-0.05, 0) is 79.6 Å². The molecule has 0 spiro atoms. The van der Waals surface area contributed by atoms with Crippen LogP contribution in [0.25, 0.3) is 0 Å². The summed E-state index contributed by atoms with van der Waals surface area (Å²) >= 11 is 0. The number of aryl methyl sites for hydroxylation is 1. The van der Waals surface area contributed by atoms with Gasteiger partial charge < -0.3 is 19.3 Å². The quantitative estimate of drug-likeness (QED) is 0.240. The molecule has 1 aliphatic heterocycles. The highest BCUT2D eigenvalue weighted by Gasteiger charge is 2.42. The van der Waals surface area contributed by atoms with Crippen LogP contribution in [0.1, 0.15) is 66.1 Å². The minimum Gasteiger partial charge on any atom is -0.469 e. The van der Waals surface area contributed by atoms with E-state index in [-0.39, 0.29) is 37.4 Å². The summed E-state index contributed by atoms with van der Waals surface area (Å²) in [6.45, 7) is 2.93. The summed E-state index contributed by atoms with van der Waals surface area (Å²) in [6.07, 6.45) is -10.1. The monoisotopic (exact) mass is 634 g/mol. The maximum absolute atomic E-state index is 14.0. The molecular weight excluding hydrogens is 601 g/mol. The number of carbonyl (C=O) groups excluding carboxylic acids is 3. The first-order valence-electron chi connectivity index (χ1n) is 13.6. The summed E-state index contributed by atoms with van der Waals surface area (Å²) in [6, 6.07) is 2.36. The number of hydrogen-bond acceptors (Lipinski definition) is 5. The number of piperidine rings is 1. The molecular formula is C30H33F7N2O5. The lowest BCUT2D eigenvalue weighted by Gasteiger charge is -2.44. The van der Waals surface area contributed by atoms with Gasteiger partial charge in [0.05, 0.1) is 49.8 Å². The van der Waals surface area contributed by atoms with Gasteiger partial charge in [0, 0.05) is 13.6 Å². The van der Waals surface area contributed by atoms with Crippen LogP contribution in [-0.2, 0) is 31.4 Å². The van der Waals surface area contributed by atoms with Crippen LogP contribution in [0, 0.1) is 24.6 Å². The Morgan fingerprint density at radius 1 is 0.977 bits per heavy atom. The molecule has 1 saturated heterocycles. The Balaban J connectivity index is 2.01. The van der Waals surface area contributed by atoms with Crippen LogP contribution in [0.2, 0.25) is 0 Å². The van der Waals surface area contributed by atoms with Crippen molar-refractivity contribution in [2.24, 2.45) is 11.8 Å². The normalized spacial score (nSPS) is 18.8. The molecule has 14 heteroatoms. The molecule has 2 unspecified atom stereocenters. The number of hydrogen-bond donors (Lipinski definition) is 0. The zero-order chi connectivity index (χ0) is 33.1. The Morgan fingerprint density at radius 2 is 1.57 bits per heavy atom. The van der Waals surface area contributed by atoms with Gasteiger partial charge in [-0.3, -0.25) is 9.59 Å². The largest absolute Gasteiger partial charge is 0.469 e. The Bertz CT molecular complexity index is 1350. The van der Waals surface area contributed by atoms with Crippen molar-refractivity contribution >= 4 is 18.0 Å². The molecule has 2 aromatic rings. The van der Waals surface area contributed by atoms with Crippen molar-refractivity contribution in [3.8, 4) is 0 Å². The number of alkyl halides is 6. The van der Waals surface area contributed by atoms with Gasteiger partial charge in [-0.2, -0.15) is 26.3 Å². The molecule has 0 aromatic heterocycles. The van der Waals surface area contributed by atoms with Crippen molar-refractivity contribution in [3.05, 3.63) is 70.0 Å². The summed E-state index contributed by atoms with van der Waals surface area (Å²) in [4.78, 5) is 41.1.